The molecule has 1 aromatic heterocycles. The quantitative estimate of drug-likeness (QED) is 0.639. The first kappa shape index (κ1) is 12.0. The standard InChI is InChI=1S/C13H7BrCl2N2/c14-8-3-1-7(2-4-8)13-17-11-5-9(15)10(16)6-12(11)18-13/h1-6H,(H,17,18). The Kier molecular flexibility index (Phi) is 3.06. The summed E-state index contributed by atoms with van der Waals surface area (Å²) in [6, 6.07) is 11.5. The van der Waals surface area contributed by atoms with Crippen LogP contribution in [0.3, 0.4) is 0 Å². The summed E-state index contributed by atoms with van der Waals surface area (Å²) in [7, 11) is 0. The summed E-state index contributed by atoms with van der Waals surface area (Å²) < 4.78 is 1.04. The Balaban J connectivity index is 2.16. The van der Waals surface area contributed by atoms with E-state index in [1.807, 2.05) is 24.3 Å². The average Bonchev–Trinajstić information content (AvgIpc) is 2.73. The van der Waals surface area contributed by atoms with E-state index in [4.69, 9.17) is 23.2 Å². The van der Waals surface area contributed by atoms with Crippen molar-refractivity contribution in [2.45, 2.75) is 0 Å². The van der Waals surface area contributed by atoms with Gasteiger partial charge in [-0.3, -0.25) is 0 Å². The number of nitrogens with one attached hydrogen (secondary N) is 1. The largest absolute Gasteiger partial charge is 0.338 e. The van der Waals surface area contributed by atoms with E-state index >= 15 is 0 Å². The highest BCUT2D eigenvalue weighted by Crippen LogP contribution is 2.29. The molecule has 0 radical (unpaired) electrons. The zero-order chi connectivity index (χ0) is 12.7. The normalized spacial score (nSPS) is 11.1. The van der Waals surface area contributed by atoms with E-state index in [9.17, 15) is 0 Å². The van der Waals surface area contributed by atoms with Crippen LogP contribution < -0.4 is 0 Å². The van der Waals surface area contributed by atoms with Crippen molar-refractivity contribution in [3.05, 3.63) is 50.9 Å². The number of hydrogen-bond donors (Lipinski definition) is 1. The van der Waals surface area contributed by atoms with Crippen molar-refractivity contribution in [2.24, 2.45) is 0 Å². The monoisotopic (exact) mass is 340 g/mol. The molecular weight excluding hydrogens is 335 g/mol. The highest BCUT2D eigenvalue weighted by molar-refractivity contribution is 9.10. The van der Waals surface area contributed by atoms with Crippen molar-refractivity contribution in [3.63, 3.8) is 0 Å². The summed E-state index contributed by atoms with van der Waals surface area (Å²) in [5.41, 5.74) is 2.70. The van der Waals surface area contributed by atoms with E-state index < -0.39 is 0 Å². The zero-order valence-electron chi connectivity index (χ0n) is 9.05. The van der Waals surface area contributed by atoms with Gasteiger partial charge in [0.15, 0.2) is 0 Å². The lowest BCUT2D eigenvalue weighted by molar-refractivity contribution is 1.33. The molecule has 1 N–H and O–H groups in total. The molecule has 3 aromatic rings. The molecule has 1 heterocycles. The van der Waals surface area contributed by atoms with Gasteiger partial charge in [-0.2, -0.15) is 0 Å². The van der Waals surface area contributed by atoms with Crippen molar-refractivity contribution in [1.29, 1.82) is 0 Å². The number of aromatic amines is 1. The number of aromatic nitrogens is 2. The minimum atomic E-state index is 0.512. The molecule has 0 saturated heterocycles. The van der Waals surface area contributed by atoms with E-state index in [-0.39, 0.29) is 0 Å². The Labute approximate surface area is 122 Å². The fraction of sp³-hybridized carbons (Fsp3) is 0. The Morgan fingerprint density at radius 2 is 1.67 bits per heavy atom. The Morgan fingerprint density at radius 1 is 1.00 bits per heavy atom. The number of hydrogen-bond acceptors (Lipinski definition) is 1. The molecule has 90 valence electrons. The van der Waals surface area contributed by atoms with Crippen LogP contribution in [-0.4, -0.2) is 9.97 Å². The molecule has 2 aromatic carbocycles. The highest BCUT2D eigenvalue weighted by Gasteiger charge is 2.08. The lowest BCUT2D eigenvalue weighted by atomic mass is 10.2. The van der Waals surface area contributed by atoms with Crippen LogP contribution in [0.25, 0.3) is 22.4 Å². The number of H-pyrrole nitrogens is 1. The maximum absolute atomic E-state index is 5.98. The van der Waals surface area contributed by atoms with E-state index in [0.29, 0.717) is 10.0 Å². The van der Waals surface area contributed by atoms with Crippen LogP contribution in [0.2, 0.25) is 10.0 Å². The fourth-order valence-corrected chi connectivity index (χ4v) is 2.34. The van der Waals surface area contributed by atoms with Gasteiger partial charge < -0.3 is 4.98 Å². The van der Waals surface area contributed by atoms with E-state index in [1.165, 1.54) is 0 Å². The van der Waals surface area contributed by atoms with Crippen LogP contribution in [0.1, 0.15) is 0 Å². The third-order valence-electron chi connectivity index (χ3n) is 2.64. The second-order valence-corrected chi connectivity index (χ2v) is 5.61. The van der Waals surface area contributed by atoms with Crippen LogP contribution in [0.15, 0.2) is 40.9 Å². The summed E-state index contributed by atoms with van der Waals surface area (Å²) in [5.74, 6) is 0.802. The van der Waals surface area contributed by atoms with Crippen LogP contribution >= 0.6 is 39.1 Å². The average molecular weight is 342 g/mol. The van der Waals surface area contributed by atoms with Crippen LogP contribution in [0, 0.1) is 0 Å². The molecule has 5 heteroatoms. The minimum Gasteiger partial charge on any atom is -0.338 e. The second kappa shape index (κ2) is 4.57. The van der Waals surface area contributed by atoms with Gasteiger partial charge in [-0.25, -0.2) is 4.98 Å². The van der Waals surface area contributed by atoms with E-state index in [2.05, 4.69) is 25.9 Å². The summed E-state index contributed by atoms with van der Waals surface area (Å²) in [6.45, 7) is 0. The van der Waals surface area contributed by atoms with Crippen molar-refractivity contribution in [1.82, 2.24) is 9.97 Å². The fourth-order valence-electron chi connectivity index (χ4n) is 1.75. The molecule has 3 rings (SSSR count). The predicted octanol–water partition coefficient (Wildman–Crippen LogP) is 5.30. The zero-order valence-corrected chi connectivity index (χ0v) is 12.1. The summed E-state index contributed by atoms with van der Waals surface area (Å²) in [6.07, 6.45) is 0. The van der Waals surface area contributed by atoms with Gasteiger partial charge in [-0.1, -0.05) is 51.3 Å². The SMILES string of the molecule is Clc1cc2nc(-c3ccc(Br)cc3)[nH]c2cc1Cl. The van der Waals surface area contributed by atoms with Gasteiger partial charge in [0.1, 0.15) is 5.82 Å². The molecule has 0 atom stereocenters. The molecule has 0 unspecified atom stereocenters. The minimum absolute atomic E-state index is 0.512. The van der Waals surface area contributed by atoms with Crippen molar-refractivity contribution < 1.29 is 0 Å². The van der Waals surface area contributed by atoms with Crippen LogP contribution in [-0.2, 0) is 0 Å². The molecule has 0 fully saturated rings. The maximum atomic E-state index is 5.98. The maximum Gasteiger partial charge on any atom is 0.138 e. The molecule has 2 nitrogen and oxygen atoms in total. The van der Waals surface area contributed by atoms with E-state index in [1.54, 1.807) is 12.1 Å². The Hall–Kier alpha value is -1.03. The number of fused-ring (bicyclic) bond motifs is 1. The number of benzene rings is 2. The lowest BCUT2D eigenvalue weighted by Crippen LogP contribution is -1.78. The van der Waals surface area contributed by atoms with Gasteiger partial charge in [-0.15, -0.1) is 0 Å². The van der Waals surface area contributed by atoms with Gasteiger partial charge in [0, 0.05) is 10.0 Å². The molecule has 0 aliphatic carbocycles. The van der Waals surface area contributed by atoms with Crippen LogP contribution in [0.5, 0.6) is 0 Å². The molecule has 18 heavy (non-hydrogen) atoms. The smallest absolute Gasteiger partial charge is 0.138 e. The van der Waals surface area contributed by atoms with Crippen molar-refractivity contribution in [3.8, 4) is 11.4 Å². The predicted molar refractivity (Wildman–Crippen MR) is 79.2 cm³/mol. The highest BCUT2D eigenvalue weighted by atomic mass is 79.9. The Bertz CT molecular complexity index is 681. The topological polar surface area (TPSA) is 28.7 Å². The number of halogens is 3. The molecule has 0 spiro atoms. The molecule has 0 aliphatic rings. The van der Waals surface area contributed by atoms with Gasteiger partial charge in [0.05, 0.1) is 21.1 Å². The number of rotatable bonds is 1. The third kappa shape index (κ3) is 2.14. The summed E-state index contributed by atoms with van der Waals surface area (Å²) in [5, 5.41) is 1.04. The molecule has 0 aliphatic heterocycles. The third-order valence-corrected chi connectivity index (χ3v) is 3.89. The van der Waals surface area contributed by atoms with E-state index in [0.717, 1.165) is 26.9 Å². The molecule has 0 amide bonds. The first-order chi connectivity index (χ1) is 8.63. The first-order valence-electron chi connectivity index (χ1n) is 5.24. The van der Waals surface area contributed by atoms with Crippen molar-refractivity contribution in [2.75, 3.05) is 0 Å². The molecule has 0 saturated carbocycles. The van der Waals surface area contributed by atoms with Gasteiger partial charge in [0.2, 0.25) is 0 Å². The second-order valence-electron chi connectivity index (χ2n) is 3.88. The lowest BCUT2D eigenvalue weighted by Gasteiger charge is -1.95. The van der Waals surface area contributed by atoms with Crippen molar-refractivity contribution >= 4 is 50.2 Å². The summed E-state index contributed by atoms with van der Waals surface area (Å²) in [4.78, 5) is 7.73. The van der Waals surface area contributed by atoms with Gasteiger partial charge in [-0.05, 0) is 24.3 Å². The molecule has 0 bridgehead atoms. The van der Waals surface area contributed by atoms with Crippen LogP contribution in [0.4, 0.5) is 0 Å². The number of nitrogens with zero attached hydrogens (tertiary/aromatic N) is 1. The van der Waals surface area contributed by atoms with Gasteiger partial charge in [0.25, 0.3) is 0 Å². The van der Waals surface area contributed by atoms with Gasteiger partial charge >= 0.3 is 0 Å². The molecular formula is C13H7BrCl2N2. The number of imidazole rings is 1. The first-order valence-corrected chi connectivity index (χ1v) is 6.79. The summed E-state index contributed by atoms with van der Waals surface area (Å²) >= 11 is 15.4. The Morgan fingerprint density at radius 3 is 2.39 bits per heavy atom.